The summed E-state index contributed by atoms with van der Waals surface area (Å²) in [4.78, 5) is -0.119. The van der Waals surface area contributed by atoms with E-state index in [4.69, 9.17) is 18.8 Å². The first kappa shape index (κ1) is 22.1. The van der Waals surface area contributed by atoms with Gasteiger partial charge in [0, 0.05) is 13.2 Å². The number of unbranched alkanes of at least 4 members (excludes halogenated alkanes) is 6. The zero-order chi connectivity index (χ0) is 19.4. The van der Waals surface area contributed by atoms with Crippen LogP contribution < -0.4 is 4.74 Å². The molecule has 1 heterocycles. The summed E-state index contributed by atoms with van der Waals surface area (Å²) in [7, 11) is -4.14. The number of hydrogen-bond donors (Lipinski definition) is 1. The zero-order valence-corrected chi connectivity index (χ0v) is 16.8. The molecule has 1 aromatic rings. The minimum absolute atomic E-state index is 0.0306. The molecular weight excluding hydrogens is 368 g/mol. The van der Waals surface area contributed by atoms with Crippen molar-refractivity contribution in [2.75, 3.05) is 19.8 Å². The van der Waals surface area contributed by atoms with E-state index >= 15 is 0 Å². The lowest BCUT2D eigenvalue weighted by atomic mass is 10.1. The van der Waals surface area contributed by atoms with E-state index in [2.05, 4.69) is 0 Å². The molecule has 2 rings (SSSR count). The van der Waals surface area contributed by atoms with Crippen molar-refractivity contribution in [3.05, 3.63) is 24.3 Å². The van der Waals surface area contributed by atoms with E-state index in [-0.39, 0.29) is 11.2 Å². The average Bonchev–Trinajstić information content (AvgIpc) is 2.66. The molecule has 0 spiro atoms. The SMILES string of the molecule is O=S(=O)(O)c1ccc(OCCCCCCCCCOC2CCCCO2)cc1. The summed E-state index contributed by atoms with van der Waals surface area (Å²) in [6.07, 6.45) is 11.5. The minimum Gasteiger partial charge on any atom is -0.494 e. The Bertz CT molecular complexity index is 608. The maximum atomic E-state index is 11.0. The van der Waals surface area contributed by atoms with Gasteiger partial charge in [-0.2, -0.15) is 8.42 Å². The fourth-order valence-corrected chi connectivity index (χ4v) is 3.52. The summed E-state index contributed by atoms with van der Waals surface area (Å²) in [6, 6.07) is 5.80. The first-order chi connectivity index (χ1) is 13.1. The van der Waals surface area contributed by atoms with Gasteiger partial charge in [-0.15, -0.1) is 0 Å². The molecule has 1 fully saturated rings. The molecule has 1 saturated heterocycles. The molecule has 0 saturated carbocycles. The predicted octanol–water partition coefficient (Wildman–Crippen LogP) is 4.59. The normalized spacial score (nSPS) is 17.7. The van der Waals surface area contributed by atoms with Crippen molar-refractivity contribution >= 4 is 10.1 Å². The van der Waals surface area contributed by atoms with Gasteiger partial charge < -0.3 is 14.2 Å². The first-order valence-corrected chi connectivity index (χ1v) is 11.4. The molecule has 6 nitrogen and oxygen atoms in total. The maximum Gasteiger partial charge on any atom is 0.294 e. The van der Waals surface area contributed by atoms with E-state index in [9.17, 15) is 8.42 Å². The monoisotopic (exact) mass is 400 g/mol. The molecular formula is C20H32O6S. The Kier molecular flexibility index (Phi) is 10.1. The van der Waals surface area contributed by atoms with Gasteiger partial charge in [-0.1, -0.05) is 32.1 Å². The van der Waals surface area contributed by atoms with Crippen LogP contribution in [0.25, 0.3) is 0 Å². The van der Waals surface area contributed by atoms with Crippen molar-refractivity contribution in [3.8, 4) is 5.75 Å². The lowest BCUT2D eigenvalue weighted by molar-refractivity contribution is -0.162. The molecule has 0 bridgehead atoms. The Morgan fingerprint density at radius 3 is 2.15 bits per heavy atom. The Balaban J connectivity index is 1.39. The van der Waals surface area contributed by atoms with E-state index in [1.807, 2.05) is 0 Å². The maximum absolute atomic E-state index is 11.0. The van der Waals surface area contributed by atoms with Gasteiger partial charge in [0.25, 0.3) is 10.1 Å². The lowest BCUT2D eigenvalue weighted by Crippen LogP contribution is -2.22. The predicted molar refractivity (Wildman–Crippen MR) is 104 cm³/mol. The summed E-state index contributed by atoms with van der Waals surface area (Å²) < 4.78 is 47.7. The smallest absolute Gasteiger partial charge is 0.294 e. The highest BCUT2D eigenvalue weighted by molar-refractivity contribution is 7.85. The third-order valence-corrected chi connectivity index (χ3v) is 5.49. The molecule has 0 aromatic heterocycles. The van der Waals surface area contributed by atoms with Crippen LogP contribution in [-0.2, 0) is 19.6 Å². The first-order valence-electron chi connectivity index (χ1n) is 9.99. The second-order valence-electron chi connectivity index (χ2n) is 6.94. The molecule has 0 radical (unpaired) electrons. The summed E-state index contributed by atoms with van der Waals surface area (Å²) in [5.41, 5.74) is 0. The zero-order valence-electron chi connectivity index (χ0n) is 16.0. The molecule has 1 aliphatic heterocycles. The van der Waals surface area contributed by atoms with Crippen molar-refractivity contribution < 1.29 is 27.2 Å². The number of benzene rings is 1. The average molecular weight is 401 g/mol. The molecule has 154 valence electrons. The van der Waals surface area contributed by atoms with Gasteiger partial charge in [-0.25, -0.2) is 0 Å². The Hall–Kier alpha value is -1.15. The lowest BCUT2D eigenvalue weighted by Gasteiger charge is -2.22. The summed E-state index contributed by atoms with van der Waals surface area (Å²) in [5, 5.41) is 0. The molecule has 0 amide bonds. The number of ether oxygens (including phenoxy) is 3. The van der Waals surface area contributed by atoms with Gasteiger partial charge in [-0.3, -0.25) is 4.55 Å². The van der Waals surface area contributed by atoms with E-state index in [0.717, 1.165) is 45.3 Å². The van der Waals surface area contributed by atoms with E-state index in [1.165, 1.54) is 44.2 Å². The van der Waals surface area contributed by atoms with Crippen LogP contribution in [0, 0.1) is 0 Å². The van der Waals surface area contributed by atoms with Crippen LogP contribution in [-0.4, -0.2) is 39.1 Å². The fourth-order valence-electron chi connectivity index (χ4n) is 3.04. The summed E-state index contributed by atoms with van der Waals surface area (Å²) in [5.74, 6) is 0.615. The van der Waals surface area contributed by atoms with E-state index in [1.54, 1.807) is 12.1 Å². The second-order valence-corrected chi connectivity index (χ2v) is 8.36. The van der Waals surface area contributed by atoms with Gasteiger partial charge in [0.05, 0.1) is 11.5 Å². The van der Waals surface area contributed by atoms with Crippen LogP contribution in [0.4, 0.5) is 0 Å². The highest BCUT2D eigenvalue weighted by Gasteiger charge is 2.13. The molecule has 1 unspecified atom stereocenters. The highest BCUT2D eigenvalue weighted by atomic mass is 32.2. The molecule has 1 atom stereocenters. The summed E-state index contributed by atoms with van der Waals surface area (Å²) in [6.45, 7) is 2.25. The van der Waals surface area contributed by atoms with Crippen LogP contribution in [0.5, 0.6) is 5.75 Å². The van der Waals surface area contributed by atoms with Crippen LogP contribution in [0.15, 0.2) is 29.2 Å². The molecule has 1 N–H and O–H groups in total. The molecule has 0 aliphatic carbocycles. The van der Waals surface area contributed by atoms with Gasteiger partial charge >= 0.3 is 0 Å². The third-order valence-electron chi connectivity index (χ3n) is 4.62. The van der Waals surface area contributed by atoms with Crippen molar-refractivity contribution in [2.45, 2.75) is 75.4 Å². The Morgan fingerprint density at radius 1 is 0.926 bits per heavy atom. The highest BCUT2D eigenvalue weighted by Crippen LogP contribution is 2.17. The van der Waals surface area contributed by atoms with Crippen LogP contribution >= 0.6 is 0 Å². The van der Waals surface area contributed by atoms with Crippen LogP contribution in [0.1, 0.15) is 64.2 Å². The van der Waals surface area contributed by atoms with Crippen molar-refractivity contribution in [3.63, 3.8) is 0 Å². The molecule has 1 aliphatic rings. The number of hydrogen-bond acceptors (Lipinski definition) is 5. The van der Waals surface area contributed by atoms with E-state index in [0.29, 0.717) is 12.4 Å². The molecule has 7 heteroatoms. The molecule has 1 aromatic carbocycles. The minimum atomic E-state index is -4.14. The largest absolute Gasteiger partial charge is 0.494 e. The number of rotatable bonds is 13. The van der Waals surface area contributed by atoms with Gasteiger partial charge in [0.2, 0.25) is 0 Å². The fraction of sp³-hybridized carbons (Fsp3) is 0.700. The van der Waals surface area contributed by atoms with Crippen molar-refractivity contribution in [1.82, 2.24) is 0 Å². The quantitative estimate of drug-likeness (QED) is 0.385. The van der Waals surface area contributed by atoms with Gasteiger partial charge in [-0.05, 0) is 56.4 Å². The van der Waals surface area contributed by atoms with Crippen LogP contribution in [0.3, 0.4) is 0 Å². The Labute approximate surface area is 163 Å². The standard InChI is InChI=1S/C20H32O6S/c21-27(22,23)19-13-11-18(12-14-19)24-15-7-4-2-1-3-5-8-16-25-20-10-6-9-17-26-20/h11-14,20H,1-10,15-17H2,(H,21,22,23). The van der Waals surface area contributed by atoms with Gasteiger partial charge in [0.1, 0.15) is 5.75 Å². The third kappa shape index (κ3) is 9.55. The second kappa shape index (κ2) is 12.3. The van der Waals surface area contributed by atoms with Crippen molar-refractivity contribution in [1.29, 1.82) is 0 Å². The van der Waals surface area contributed by atoms with Crippen LogP contribution in [0.2, 0.25) is 0 Å². The summed E-state index contributed by atoms with van der Waals surface area (Å²) >= 11 is 0. The Morgan fingerprint density at radius 2 is 1.56 bits per heavy atom. The van der Waals surface area contributed by atoms with Gasteiger partial charge in [0.15, 0.2) is 6.29 Å². The van der Waals surface area contributed by atoms with E-state index < -0.39 is 10.1 Å². The van der Waals surface area contributed by atoms with Crippen molar-refractivity contribution in [2.24, 2.45) is 0 Å². The topological polar surface area (TPSA) is 82.1 Å². The molecule has 27 heavy (non-hydrogen) atoms.